The molecular formula is C22H26N4O3. The first kappa shape index (κ1) is 18.2. The van der Waals surface area contributed by atoms with Gasteiger partial charge in [0.15, 0.2) is 17.1 Å². The van der Waals surface area contributed by atoms with Gasteiger partial charge in [-0.1, -0.05) is 0 Å². The number of fused-ring (bicyclic) bond motifs is 6. The summed E-state index contributed by atoms with van der Waals surface area (Å²) in [6.45, 7) is 2.86. The van der Waals surface area contributed by atoms with Crippen LogP contribution in [-0.2, 0) is 13.0 Å². The van der Waals surface area contributed by atoms with Crippen molar-refractivity contribution in [1.29, 1.82) is 0 Å². The zero-order valence-corrected chi connectivity index (χ0v) is 17.3. The summed E-state index contributed by atoms with van der Waals surface area (Å²) < 4.78 is 18.6. The molecule has 3 aromatic rings. The number of nitrogens with zero attached hydrogens (tertiary/aromatic N) is 4. The van der Waals surface area contributed by atoms with Crippen LogP contribution in [0.5, 0.6) is 17.2 Å². The van der Waals surface area contributed by atoms with Gasteiger partial charge in [-0.2, -0.15) is 5.10 Å². The second-order valence-corrected chi connectivity index (χ2v) is 7.87. The molecule has 7 nitrogen and oxygen atoms in total. The zero-order chi connectivity index (χ0) is 20.1. The van der Waals surface area contributed by atoms with Gasteiger partial charge in [0.1, 0.15) is 0 Å². The average molecular weight is 394 g/mol. The Kier molecular flexibility index (Phi) is 4.35. The molecule has 7 heteroatoms. The van der Waals surface area contributed by atoms with Gasteiger partial charge in [-0.25, -0.2) is 9.50 Å². The summed E-state index contributed by atoms with van der Waals surface area (Å²) in [7, 11) is 4.95. The van der Waals surface area contributed by atoms with Crippen molar-refractivity contribution in [2.24, 2.45) is 0 Å². The van der Waals surface area contributed by atoms with Crippen molar-refractivity contribution in [3.05, 3.63) is 46.9 Å². The van der Waals surface area contributed by atoms with Crippen LogP contribution < -0.4 is 14.2 Å². The van der Waals surface area contributed by atoms with Crippen LogP contribution in [0.1, 0.15) is 41.4 Å². The molecular weight excluding hydrogens is 368 g/mol. The van der Waals surface area contributed by atoms with Crippen molar-refractivity contribution in [1.82, 2.24) is 19.5 Å². The SMILES string of the molecule is COc1cc(CN2C3CCC2c2cnc4cc(C)nn4c2C3)cc(OC)c1OC. The fourth-order valence-corrected chi connectivity index (χ4v) is 4.98. The first-order valence-corrected chi connectivity index (χ1v) is 10.0. The average Bonchev–Trinajstić information content (AvgIpc) is 3.24. The third-order valence-electron chi connectivity index (χ3n) is 6.26. The van der Waals surface area contributed by atoms with Crippen molar-refractivity contribution in [2.45, 2.75) is 44.8 Å². The third-order valence-corrected chi connectivity index (χ3v) is 6.26. The van der Waals surface area contributed by atoms with Gasteiger partial charge >= 0.3 is 0 Å². The lowest BCUT2D eigenvalue weighted by molar-refractivity contribution is 0.164. The largest absolute Gasteiger partial charge is 0.493 e. The smallest absolute Gasteiger partial charge is 0.203 e. The first-order chi connectivity index (χ1) is 14.1. The van der Waals surface area contributed by atoms with Crippen LogP contribution in [-0.4, -0.2) is 46.9 Å². The molecule has 1 saturated heterocycles. The van der Waals surface area contributed by atoms with Gasteiger partial charge in [0, 0.05) is 42.9 Å². The lowest BCUT2D eigenvalue weighted by atomic mass is 9.98. The second kappa shape index (κ2) is 6.91. The molecule has 0 radical (unpaired) electrons. The molecule has 0 spiro atoms. The molecule has 2 aliphatic rings. The Hall–Kier alpha value is -2.80. The number of hydrogen-bond acceptors (Lipinski definition) is 6. The van der Waals surface area contributed by atoms with E-state index in [0.29, 0.717) is 29.3 Å². The van der Waals surface area contributed by atoms with Gasteiger partial charge in [-0.05, 0) is 37.5 Å². The van der Waals surface area contributed by atoms with E-state index in [-0.39, 0.29) is 0 Å². The lowest BCUT2D eigenvalue weighted by Gasteiger charge is -2.36. The first-order valence-electron chi connectivity index (χ1n) is 10.0. The number of aryl methyl sites for hydroxylation is 1. The summed E-state index contributed by atoms with van der Waals surface area (Å²) >= 11 is 0. The summed E-state index contributed by atoms with van der Waals surface area (Å²) in [6.07, 6.45) is 5.39. The Morgan fingerprint density at radius 1 is 1.03 bits per heavy atom. The molecule has 0 aliphatic carbocycles. The second-order valence-electron chi connectivity index (χ2n) is 7.87. The fraction of sp³-hybridized carbons (Fsp3) is 0.455. The van der Waals surface area contributed by atoms with Crippen LogP contribution >= 0.6 is 0 Å². The van der Waals surface area contributed by atoms with Crippen molar-refractivity contribution in [3.8, 4) is 17.2 Å². The van der Waals surface area contributed by atoms with Crippen LogP contribution in [0.2, 0.25) is 0 Å². The van der Waals surface area contributed by atoms with E-state index < -0.39 is 0 Å². The van der Waals surface area contributed by atoms with Crippen LogP contribution in [0.15, 0.2) is 24.4 Å². The molecule has 4 heterocycles. The molecule has 1 aromatic carbocycles. The molecule has 2 aliphatic heterocycles. The lowest BCUT2D eigenvalue weighted by Crippen LogP contribution is -2.38. The predicted molar refractivity (Wildman–Crippen MR) is 109 cm³/mol. The molecule has 2 bridgehead atoms. The van der Waals surface area contributed by atoms with E-state index >= 15 is 0 Å². The highest BCUT2D eigenvalue weighted by molar-refractivity contribution is 5.54. The topological polar surface area (TPSA) is 61.1 Å². The van der Waals surface area contributed by atoms with Gasteiger partial charge < -0.3 is 14.2 Å². The number of methoxy groups -OCH3 is 3. The molecule has 5 rings (SSSR count). The Labute approximate surface area is 170 Å². The summed E-state index contributed by atoms with van der Waals surface area (Å²) in [4.78, 5) is 7.26. The van der Waals surface area contributed by atoms with Crippen molar-refractivity contribution in [3.63, 3.8) is 0 Å². The molecule has 0 amide bonds. The Morgan fingerprint density at radius 3 is 2.48 bits per heavy atom. The highest BCUT2D eigenvalue weighted by atomic mass is 16.5. The van der Waals surface area contributed by atoms with E-state index in [2.05, 4.69) is 33.3 Å². The van der Waals surface area contributed by atoms with Crippen molar-refractivity contribution in [2.75, 3.05) is 21.3 Å². The molecule has 2 atom stereocenters. The van der Waals surface area contributed by atoms with Crippen molar-refractivity contribution >= 4 is 5.65 Å². The van der Waals surface area contributed by atoms with E-state index in [9.17, 15) is 0 Å². The van der Waals surface area contributed by atoms with E-state index in [1.807, 2.05) is 17.5 Å². The summed E-state index contributed by atoms with van der Waals surface area (Å²) in [5, 5.41) is 4.69. The monoisotopic (exact) mass is 394 g/mol. The Balaban J connectivity index is 1.50. The minimum atomic E-state index is 0.365. The maximum atomic E-state index is 5.54. The number of benzene rings is 1. The number of rotatable bonds is 5. The molecule has 1 fully saturated rings. The molecule has 2 aromatic heterocycles. The third kappa shape index (κ3) is 2.83. The quantitative estimate of drug-likeness (QED) is 0.662. The van der Waals surface area contributed by atoms with Gasteiger partial charge in [-0.3, -0.25) is 4.90 Å². The van der Waals surface area contributed by atoms with E-state index in [1.165, 1.54) is 17.7 Å². The molecule has 152 valence electrons. The summed E-state index contributed by atoms with van der Waals surface area (Å²) in [5.41, 5.74) is 5.74. The van der Waals surface area contributed by atoms with Gasteiger partial charge in [-0.15, -0.1) is 0 Å². The zero-order valence-electron chi connectivity index (χ0n) is 17.3. The predicted octanol–water partition coefficient (Wildman–Crippen LogP) is 3.33. The normalized spacial score (nSPS) is 20.7. The van der Waals surface area contributed by atoms with Crippen LogP contribution in [0, 0.1) is 6.92 Å². The summed E-state index contributed by atoms with van der Waals surface area (Å²) in [5.74, 6) is 2.02. The minimum absolute atomic E-state index is 0.365. The highest BCUT2D eigenvalue weighted by Gasteiger charge is 2.41. The maximum absolute atomic E-state index is 5.54. The Morgan fingerprint density at radius 2 is 1.79 bits per heavy atom. The molecule has 2 unspecified atom stereocenters. The Bertz CT molecular complexity index is 1050. The fourth-order valence-electron chi connectivity index (χ4n) is 4.98. The minimum Gasteiger partial charge on any atom is -0.493 e. The van der Waals surface area contributed by atoms with Crippen molar-refractivity contribution < 1.29 is 14.2 Å². The highest BCUT2D eigenvalue weighted by Crippen LogP contribution is 2.45. The number of hydrogen-bond donors (Lipinski definition) is 0. The van der Waals surface area contributed by atoms with Crippen LogP contribution in [0.3, 0.4) is 0 Å². The van der Waals surface area contributed by atoms with E-state index in [1.54, 1.807) is 21.3 Å². The standard InChI is InChI=1S/C22H26N4O3/c1-13-7-21-23-11-16-17-6-5-15(10-18(16)26(21)24-13)25(17)12-14-8-19(27-2)22(29-4)20(9-14)28-3/h7-9,11,15,17H,5-6,10,12H2,1-4H3. The maximum Gasteiger partial charge on any atom is 0.203 e. The van der Waals surface area contributed by atoms with E-state index in [4.69, 9.17) is 14.2 Å². The number of ether oxygens (including phenoxy) is 3. The molecule has 29 heavy (non-hydrogen) atoms. The van der Waals surface area contributed by atoms with Crippen LogP contribution in [0.4, 0.5) is 0 Å². The van der Waals surface area contributed by atoms with Gasteiger partial charge in [0.2, 0.25) is 5.75 Å². The van der Waals surface area contributed by atoms with E-state index in [0.717, 1.165) is 36.3 Å². The number of aromatic nitrogens is 3. The molecule has 0 saturated carbocycles. The van der Waals surface area contributed by atoms with Gasteiger partial charge in [0.05, 0.1) is 32.7 Å². The molecule has 0 N–H and O–H groups in total. The van der Waals surface area contributed by atoms with Gasteiger partial charge in [0.25, 0.3) is 0 Å². The summed E-state index contributed by atoms with van der Waals surface area (Å²) in [6, 6.07) is 7.01. The van der Waals surface area contributed by atoms with Crippen LogP contribution in [0.25, 0.3) is 5.65 Å².